The minimum absolute atomic E-state index is 0.0982. The lowest BCUT2D eigenvalue weighted by molar-refractivity contribution is 0.317. The van der Waals surface area contributed by atoms with Crippen molar-refractivity contribution < 1.29 is 9.47 Å². The zero-order chi connectivity index (χ0) is 14.7. The lowest BCUT2D eigenvalue weighted by Gasteiger charge is -2.17. The zero-order valence-electron chi connectivity index (χ0n) is 12.3. The first-order valence-corrected chi connectivity index (χ1v) is 7.37. The first kappa shape index (κ1) is 14.0. The van der Waals surface area contributed by atoms with E-state index in [1.54, 1.807) is 7.11 Å². The lowest BCUT2D eigenvalue weighted by Crippen LogP contribution is -2.26. The van der Waals surface area contributed by atoms with E-state index in [1.807, 2.05) is 30.3 Å². The van der Waals surface area contributed by atoms with Gasteiger partial charge in [0.15, 0.2) is 0 Å². The van der Waals surface area contributed by atoms with E-state index in [1.165, 1.54) is 11.1 Å². The van der Waals surface area contributed by atoms with Gasteiger partial charge in [-0.05, 0) is 30.5 Å². The molecular weight excluding hydrogens is 262 g/mol. The summed E-state index contributed by atoms with van der Waals surface area (Å²) in [6, 6.07) is 16.4. The molecule has 0 spiro atoms. The largest absolute Gasteiger partial charge is 0.496 e. The van der Waals surface area contributed by atoms with Crippen molar-refractivity contribution in [3.63, 3.8) is 0 Å². The van der Waals surface area contributed by atoms with Crippen LogP contribution in [0.15, 0.2) is 48.5 Å². The molecule has 3 rings (SSSR count). The third kappa shape index (κ3) is 3.03. The summed E-state index contributed by atoms with van der Waals surface area (Å²) in [4.78, 5) is 0. The molecule has 1 aliphatic heterocycles. The first-order valence-electron chi connectivity index (χ1n) is 7.37. The highest BCUT2D eigenvalue weighted by Crippen LogP contribution is 2.36. The summed E-state index contributed by atoms with van der Waals surface area (Å²) >= 11 is 0. The Morgan fingerprint density at radius 3 is 2.81 bits per heavy atom. The Bertz CT molecular complexity index is 612. The number of para-hydroxylation sites is 2. The Morgan fingerprint density at radius 2 is 1.95 bits per heavy atom. The lowest BCUT2D eigenvalue weighted by atomic mass is 9.91. The van der Waals surface area contributed by atoms with Gasteiger partial charge < -0.3 is 15.2 Å². The van der Waals surface area contributed by atoms with Gasteiger partial charge in [0, 0.05) is 17.5 Å². The second-order valence-electron chi connectivity index (χ2n) is 5.56. The molecule has 0 amide bonds. The summed E-state index contributed by atoms with van der Waals surface area (Å²) in [5.41, 5.74) is 8.81. The van der Waals surface area contributed by atoms with Crippen molar-refractivity contribution in [3.05, 3.63) is 59.7 Å². The number of fused-ring (bicyclic) bond motifs is 1. The molecule has 2 aromatic rings. The SMILES string of the molecule is COc1ccccc1CC(N)CC1COc2ccccc21. The minimum Gasteiger partial charge on any atom is -0.496 e. The van der Waals surface area contributed by atoms with Crippen molar-refractivity contribution in [1.29, 1.82) is 0 Å². The summed E-state index contributed by atoms with van der Waals surface area (Å²) in [5, 5.41) is 0. The second-order valence-corrected chi connectivity index (χ2v) is 5.56. The molecule has 2 N–H and O–H groups in total. The van der Waals surface area contributed by atoms with Crippen molar-refractivity contribution in [2.75, 3.05) is 13.7 Å². The Labute approximate surface area is 125 Å². The van der Waals surface area contributed by atoms with Crippen LogP contribution in [0.1, 0.15) is 23.5 Å². The maximum Gasteiger partial charge on any atom is 0.122 e. The molecule has 2 unspecified atom stereocenters. The molecule has 1 heterocycles. The molecule has 2 aromatic carbocycles. The Kier molecular flexibility index (Phi) is 4.11. The number of benzene rings is 2. The number of hydrogen-bond acceptors (Lipinski definition) is 3. The van der Waals surface area contributed by atoms with Gasteiger partial charge in [0.1, 0.15) is 11.5 Å². The molecule has 0 fully saturated rings. The number of ether oxygens (including phenoxy) is 2. The Morgan fingerprint density at radius 1 is 1.19 bits per heavy atom. The smallest absolute Gasteiger partial charge is 0.122 e. The van der Waals surface area contributed by atoms with Crippen LogP contribution in [0, 0.1) is 0 Å². The first-order chi connectivity index (χ1) is 10.3. The Balaban J connectivity index is 1.66. The molecule has 0 radical (unpaired) electrons. The van der Waals surface area contributed by atoms with Crippen molar-refractivity contribution in [1.82, 2.24) is 0 Å². The fourth-order valence-corrected chi connectivity index (χ4v) is 3.03. The predicted molar refractivity (Wildman–Crippen MR) is 84.0 cm³/mol. The Hall–Kier alpha value is -2.00. The van der Waals surface area contributed by atoms with Crippen LogP contribution < -0.4 is 15.2 Å². The van der Waals surface area contributed by atoms with Gasteiger partial charge in [0.25, 0.3) is 0 Å². The standard InChI is InChI=1S/C18H21NO2/c1-20-17-8-4-2-6-13(17)10-15(19)11-14-12-21-18-9-5-3-7-16(14)18/h2-9,14-15H,10-12,19H2,1H3. The van der Waals surface area contributed by atoms with E-state index in [0.29, 0.717) is 5.92 Å². The van der Waals surface area contributed by atoms with Gasteiger partial charge in [-0.3, -0.25) is 0 Å². The number of nitrogens with two attached hydrogens (primary N) is 1. The van der Waals surface area contributed by atoms with Crippen LogP contribution in [0.4, 0.5) is 0 Å². The summed E-state index contributed by atoms with van der Waals surface area (Å²) in [5.74, 6) is 2.31. The number of methoxy groups -OCH3 is 1. The topological polar surface area (TPSA) is 44.5 Å². The average Bonchev–Trinajstić information content (AvgIpc) is 2.91. The molecule has 3 nitrogen and oxygen atoms in total. The molecule has 0 saturated heterocycles. The van der Waals surface area contributed by atoms with Gasteiger partial charge in [0.2, 0.25) is 0 Å². The molecule has 2 atom stereocenters. The van der Waals surface area contributed by atoms with E-state index in [2.05, 4.69) is 18.2 Å². The van der Waals surface area contributed by atoms with Crippen LogP contribution in [-0.2, 0) is 6.42 Å². The van der Waals surface area contributed by atoms with Gasteiger partial charge in [-0.25, -0.2) is 0 Å². The minimum atomic E-state index is 0.0982. The van der Waals surface area contributed by atoms with Crippen molar-refractivity contribution >= 4 is 0 Å². The maximum absolute atomic E-state index is 6.36. The average molecular weight is 283 g/mol. The summed E-state index contributed by atoms with van der Waals surface area (Å²) in [6.45, 7) is 0.735. The zero-order valence-corrected chi connectivity index (χ0v) is 12.3. The summed E-state index contributed by atoms with van der Waals surface area (Å²) in [6.07, 6.45) is 1.75. The van der Waals surface area contributed by atoms with Crippen molar-refractivity contribution in [2.24, 2.45) is 5.73 Å². The number of hydrogen-bond donors (Lipinski definition) is 1. The molecule has 3 heteroatoms. The van der Waals surface area contributed by atoms with Gasteiger partial charge in [-0.1, -0.05) is 36.4 Å². The van der Waals surface area contributed by atoms with Crippen LogP contribution >= 0.6 is 0 Å². The molecule has 1 aliphatic rings. The normalized spacial score (nSPS) is 17.9. The van der Waals surface area contributed by atoms with Gasteiger partial charge in [0.05, 0.1) is 13.7 Å². The molecular formula is C18H21NO2. The van der Waals surface area contributed by atoms with E-state index in [9.17, 15) is 0 Å². The second kappa shape index (κ2) is 6.19. The van der Waals surface area contributed by atoms with Gasteiger partial charge in [-0.2, -0.15) is 0 Å². The third-order valence-electron chi connectivity index (χ3n) is 4.06. The van der Waals surface area contributed by atoms with Crippen molar-refractivity contribution in [3.8, 4) is 11.5 Å². The maximum atomic E-state index is 6.36. The fourth-order valence-electron chi connectivity index (χ4n) is 3.03. The molecule has 0 saturated carbocycles. The van der Waals surface area contributed by atoms with E-state index in [4.69, 9.17) is 15.2 Å². The molecule has 0 aromatic heterocycles. The highest BCUT2D eigenvalue weighted by molar-refractivity contribution is 5.40. The van der Waals surface area contributed by atoms with Crippen LogP contribution in [0.2, 0.25) is 0 Å². The number of rotatable bonds is 5. The highest BCUT2D eigenvalue weighted by Gasteiger charge is 2.25. The molecule has 0 bridgehead atoms. The molecule has 110 valence electrons. The fraction of sp³-hybridized carbons (Fsp3) is 0.333. The van der Waals surface area contributed by atoms with E-state index in [-0.39, 0.29) is 6.04 Å². The van der Waals surface area contributed by atoms with Gasteiger partial charge >= 0.3 is 0 Å². The molecule has 21 heavy (non-hydrogen) atoms. The van der Waals surface area contributed by atoms with Gasteiger partial charge in [-0.15, -0.1) is 0 Å². The van der Waals surface area contributed by atoms with E-state index < -0.39 is 0 Å². The van der Waals surface area contributed by atoms with Crippen LogP contribution in [0.5, 0.6) is 11.5 Å². The van der Waals surface area contributed by atoms with Crippen molar-refractivity contribution in [2.45, 2.75) is 24.8 Å². The summed E-state index contributed by atoms with van der Waals surface area (Å²) < 4.78 is 11.1. The highest BCUT2D eigenvalue weighted by atomic mass is 16.5. The quantitative estimate of drug-likeness (QED) is 0.917. The van der Waals surface area contributed by atoms with Crippen LogP contribution in [-0.4, -0.2) is 19.8 Å². The summed E-state index contributed by atoms with van der Waals surface area (Å²) in [7, 11) is 1.70. The van der Waals surface area contributed by atoms with Crippen LogP contribution in [0.25, 0.3) is 0 Å². The van der Waals surface area contributed by atoms with Crippen LogP contribution in [0.3, 0.4) is 0 Å². The molecule has 0 aliphatic carbocycles. The third-order valence-corrected chi connectivity index (χ3v) is 4.06. The van der Waals surface area contributed by atoms with E-state index >= 15 is 0 Å². The predicted octanol–water partition coefficient (Wildman–Crippen LogP) is 3.13. The monoisotopic (exact) mass is 283 g/mol. The van der Waals surface area contributed by atoms with E-state index in [0.717, 1.165) is 30.9 Å².